The van der Waals surface area contributed by atoms with Crippen molar-refractivity contribution in [2.75, 3.05) is 0 Å². The fourth-order valence-electron chi connectivity index (χ4n) is 3.84. The second-order valence-corrected chi connectivity index (χ2v) is 6.76. The fourth-order valence-corrected chi connectivity index (χ4v) is 3.84. The molecule has 2 aliphatic rings. The summed E-state index contributed by atoms with van der Waals surface area (Å²) in [4.78, 5) is 5.03. The van der Waals surface area contributed by atoms with E-state index in [-0.39, 0.29) is 6.04 Å². The molecule has 118 valence electrons. The summed E-state index contributed by atoms with van der Waals surface area (Å²) in [5, 5.41) is 0. The number of aliphatic imine (C=N–C) groups is 1. The van der Waals surface area contributed by atoms with Crippen LogP contribution in [0.25, 0.3) is 0 Å². The van der Waals surface area contributed by atoms with Crippen molar-refractivity contribution in [2.45, 2.75) is 44.8 Å². The molecule has 4 rings (SSSR count). The van der Waals surface area contributed by atoms with E-state index in [1.54, 1.807) is 0 Å². The molecule has 3 atom stereocenters. The van der Waals surface area contributed by atoms with Crippen molar-refractivity contribution in [3.8, 4) is 0 Å². The summed E-state index contributed by atoms with van der Waals surface area (Å²) in [6.45, 7) is 2.13. The summed E-state index contributed by atoms with van der Waals surface area (Å²) in [7, 11) is 0. The minimum absolute atomic E-state index is 0.227. The Balaban J connectivity index is 1.74. The Bertz CT molecular complexity index is 690. The van der Waals surface area contributed by atoms with Gasteiger partial charge >= 0.3 is 0 Å². The SMILES string of the molecule is Cc1ccc(C2N=C(c3ccccc3)OC3CCCCC32)cc1. The summed E-state index contributed by atoms with van der Waals surface area (Å²) in [5.74, 6) is 1.33. The highest BCUT2D eigenvalue weighted by atomic mass is 16.5. The number of aryl methyl sites for hydroxylation is 1. The van der Waals surface area contributed by atoms with Gasteiger partial charge in [-0.3, -0.25) is 0 Å². The number of ether oxygens (including phenoxy) is 1. The Morgan fingerprint density at radius 1 is 0.913 bits per heavy atom. The zero-order valence-corrected chi connectivity index (χ0v) is 13.6. The molecular weight excluding hydrogens is 282 g/mol. The maximum atomic E-state index is 6.30. The standard InChI is InChI=1S/C21H23NO/c1-15-11-13-16(14-12-15)20-18-9-5-6-10-19(18)23-21(22-20)17-7-3-2-4-8-17/h2-4,7-8,11-14,18-20H,5-6,9-10H2,1H3. The Labute approximate surface area is 138 Å². The van der Waals surface area contributed by atoms with Crippen LogP contribution < -0.4 is 0 Å². The van der Waals surface area contributed by atoms with E-state index >= 15 is 0 Å². The maximum Gasteiger partial charge on any atom is 0.216 e. The van der Waals surface area contributed by atoms with Gasteiger partial charge in [-0.15, -0.1) is 0 Å². The molecule has 0 saturated heterocycles. The lowest BCUT2D eigenvalue weighted by Gasteiger charge is -2.39. The zero-order chi connectivity index (χ0) is 15.6. The Morgan fingerprint density at radius 3 is 2.43 bits per heavy atom. The van der Waals surface area contributed by atoms with Crippen LogP contribution in [0.2, 0.25) is 0 Å². The Kier molecular flexibility index (Phi) is 3.90. The minimum atomic E-state index is 0.227. The molecule has 1 heterocycles. The van der Waals surface area contributed by atoms with E-state index in [2.05, 4.69) is 55.5 Å². The molecule has 1 saturated carbocycles. The van der Waals surface area contributed by atoms with Gasteiger partial charge in [0, 0.05) is 11.5 Å². The monoisotopic (exact) mass is 305 g/mol. The predicted molar refractivity (Wildman–Crippen MR) is 93.7 cm³/mol. The lowest BCUT2D eigenvalue weighted by Crippen LogP contribution is -2.38. The third kappa shape index (κ3) is 2.90. The quantitative estimate of drug-likeness (QED) is 0.759. The van der Waals surface area contributed by atoms with Gasteiger partial charge in [0.05, 0.1) is 6.04 Å². The van der Waals surface area contributed by atoms with Crippen LogP contribution in [0.3, 0.4) is 0 Å². The third-order valence-corrected chi connectivity index (χ3v) is 5.12. The average molecular weight is 305 g/mol. The van der Waals surface area contributed by atoms with E-state index in [1.807, 2.05) is 6.07 Å². The predicted octanol–water partition coefficient (Wildman–Crippen LogP) is 5.07. The van der Waals surface area contributed by atoms with E-state index in [0.717, 1.165) is 17.9 Å². The van der Waals surface area contributed by atoms with Gasteiger partial charge in [-0.25, -0.2) is 4.99 Å². The van der Waals surface area contributed by atoms with Gasteiger partial charge < -0.3 is 4.74 Å². The average Bonchev–Trinajstić information content (AvgIpc) is 2.62. The van der Waals surface area contributed by atoms with Crippen LogP contribution in [0.4, 0.5) is 0 Å². The first kappa shape index (κ1) is 14.5. The molecule has 0 bridgehead atoms. The van der Waals surface area contributed by atoms with Crippen LogP contribution in [0, 0.1) is 12.8 Å². The number of hydrogen-bond acceptors (Lipinski definition) is 2. The molecule has 0 spiro atoms. The first-order chi connectivity index (χ1) is 11.3. The van der Waals surface area contributed by atoms with Crippen molar-refractivity contribution >= 4 is 5.90 Å². The molecule has 0 N–H and O–H groups in total. The lowest BCUT2D eigenvalue weighted by atomic mass is 9.78. The van der Waals surface area contributed by atoms with Crippen LogP contribution in [0.1, 0.15) is 48.4 Å². The summed E-state index contributed by atoms with van der Waals surface area (Å²) >= 11 is 0. The molecule has 3 unspecified atom stereocenters. The smallest absolute Gasteiger partial charge is 0.216 e. The van der Waals surface area contributed by atoms with Crippen molar-refractivity contribution in [3.63, 3.8) is 0 Å². The van der Waals surface area contributed by atoms with Crippen LogP contribution in [-0.2, 0) is 4.74 Å². The molecule has 2 aromatic carbocycles. The summed E-state index contributed by atoms with van der Waals surface area (Å²) in [6, 6.07) is 19.4. The molecular formula is C21H23NO. The number of nitrogens with zero attached hydrogens (tertiary/aromatic N) is 1. The maximum absolute atomic E-state index is 6.30. The van der Waals surface area contributed by atoms with Crippen LogP contribution in [-0.4, -0.2) is 12.0 Å². The van der Waals surface area contributed by atoms with Crippen LogP contribution in [0.15, 0.2) is 59.6 Å². The summed E-state index contributed by atoms with van der Waals surface area (Å²) in [5.41, 5.74) is 3.71. The minimum Gasteiger partial charge on any atom is -0.474 e. The fraction of sp³-hybridized carbons (Fsp3) is 0.381. The third-order valence-electron chi connectivity index (χ3n) is 5.12. The Hall–Kier alpha value is -2.09. The van der Waals surface area contributed by atoms with E-state index in [1.165, 1.54) is 30.4 Å². The molecule has 2 heteroatoms. The van der Waals surface area contributed by atoms with Gasteiger partial charge in [-0.05, 0) is 43.9 Å². The second kappa shape index (κ2) is 6.19. The molecule has 1 aliphatic carbocycles. The van der Waals surface area contributed by atoms with Gasteiger partial charge in [0.1, 0.15) is 6.10 Å². The molecule has 0 aromatic heterocycles. The normalized spacial score (nSPS) is 26.8. The topological polar surface area (TPSA) is 21.6 Å². The van der Waals surface area contributed by atoms with Gasteiger partial charge in [-0.2, -0.15) is 0 Å². The highest BCUT2D eigenvalue weighted by Crippen LogP contribution is 2.42. The second-order valence-electron chi connectivity index (χ2n) is 6.76. The molecule has 0 amide bonds. The first-order valence-electron chi connectivity index (χ1n) is 8.68. The van der Waals surface area contributed by atoms with Crippen molar-refractivity contribution in [2.24, 2.45) is 10.9 Å². The van der Waals surface area contributed by atoms with Gasteiger partial charge in [-0.1, -0.05) is 54.4 Å². The molecule has 2 nitrogen and oxygen atoms in total. The van der Waals surface area contributed by atoms with Gasteiger partial charge in [0.25, 0.3) is 0 Å². The van der Waals surface area contributed by atoms with E-state index in [4.69, 9.17) is 9.73 Å². The Morgan fingerprint density at radius 2 is 1.65 bits per heavy atom. The van der Waals surface area contributed by atoms with Crippen LogP contribution in [0.5, 0.6) is 0 Å². The molecule has 0 radical (unpaired) electrons. The molecule has 2 aromatic rings. The van der Waals surface area contributed by atoms with E-state index in [9.17, 15) is 0 Å². The lowest BCUT2D eigenvalue weighted by molar-refractivity contribution is 0.0501. The van der Waals surface area contributed by atoms with E-state index < -0.39 is 0 Å². The van der Waals surface area contributed by atoms with E-state index in [0.29, 0.717) is 12.0 Å². The molecule has 1 fully saturated rings. The zero-order valence-electron chi connectivity index (χ0n) is 13.6. The van der Waals surface area contributed by atoms with Crippen molar-refractivity contribution in [1.29, 1.82) is 0 Å². The van der Waals surface area contributed by atoms with Gasteiger partial charge in [0.2, 0.25) is 5.90 Å². The number of benzene rings is 2. The van der Waals surface area contributed by atoms with Gasteiger partial charge in [0.15, 0.2) is 0 Å². The molecule has 1 aliphatic heterocycles. The van der Waals surface area contributed by atoms with Crippen molar-refractivity contribution in [1.82, 2.24) is 0 Å². The highest BCUT2D eigenvalue weighted by Gasteiger charge is 2.38. The van der Waals surface area contributed by atoms with Crippen molar-refractivity contribution < 1.29 is 4.74 Å². The van der Waals surface area contributed by atoms with Crippen molar-refractivity contribution in [3.05, 3.63) is 71.3 Å². The number of fused-ring (bicyclic) bond motifs is 1. The largest absolute Gasteiger partial charge is 0.474 e. The summed E-state index contributed by atoms with van der Waals surface area (Å²) in [6.07, 6.45) is 5.24. The van der Waals surface area contributed by atoms with Crippen LogP contribution >= 0.6 is 0 Å². The number of rotatable bonds is 2. The molecule has 23 heavy (non-hydrogen) atoms. The summed E-state index contributed by atoms with van der Waals surface area (Å²) < 4.78 is 6.30. The number of hydrogen-bond donors (Lipinski definition) is 0. The first-order valence-corrected chi connectivity index (χ1v) is 8.68. The highest BCUT2D eigenvalue weighted by molar-refractivity contribution is 5.94.